The van der Waals surface area contributed by atoms with Gasteiger partial charge >= 0.3 is 0 Å². The summed E-state index contributed by atoms with van der Waals surface area (Å²) in [6.45, 7) is 2.19. The van der Waals surface area contributed by atoms with E-state index >= 15 is 0 Å². The van der Waals surface area contributed by atoms with Gasteiger partial charge in [-0.1, -0.05) is 54.6 Å². The maximum absolute atomic E-state index is 5.45. The smallest absolute Gasteiger partial charge is 0.295 e. The van der Waals surface area contributed by atoms with Crippen LogP contribution < -0.4 is 4.57 Å². The van der Waals surface area contributed by atoms with Crippen LogP contribution in [0.25, 0.3) is 61.1 Å². The predicted octanol–water partition coefficient (Wildman–Crippen LogP) is 7.39. The SMILES string of the molecule is Cc1ccc(-c2ccc3ocnc3c2)cc1-c1n(-c2ccccc2)c2c3ccccc3ccc2[n+]1C. The van der Waals surface area contributed by atoms with Gasteiger partial charge in [0.05, 0.1) is 12.6 Å². The van der Waals surface area contributed by atoms with E-state index in [9.17, 15) is 0 Å². The first-order chi connectivity index (χ1) is 17.7. The van der Waals surface area contributed by atoms with Gasteiger partial charge in [0.25, 0.3) is 5.82 Å². The van der Waals surface area contributed by atoms with Gasteiger partial charge in [0, 0.05) is 5.39 Å². The zero-order valence-corrected chi connectivity index (χ0v) is 20.1. The summed E-state index contributed by atoms with van der Waals surface area (Å²) in [4.78, 5) is 4.35. The highest BCUT2D eigenvalue weighted by Crippen LogP contribution is 2.35. The summed E-state index contributed by atoms with van der Waals surface area (Å²) in [5.74, 6) is 1.15. The van der Waals surface area contributed by atoms with Gasteiger partial charge in [-0.15, -0.1) is 0 Å². The monoisotopic (exact) mass is 466 g/mol. The van der Waals surface area contributed by atoms with Gasteiger partial charge in [0.15, 0.2) is 23.0 Å². The van der Waals surface area contributed by atoms with Crippen LogP contribution in [0, 0.1) is 6.92 Å². The fraction of sp³-hybridized carbons (Fsp3) is 0.0625. The molecule has 0 N–H and O–H groups in total. The van der Waals surface area contributed by atoms with Crippen LogP contribution in [-0.4, -0.2) is 9.55 Å². The molecular weight excluding hydrogens is 442 g/mol. The lowest BCUT2D eigenvalue weighted by molar-refractivity contribution is -0.633. The summed E-state index contributed by atoms with van der Waals surface area (Å²) in [5, 5.41) is 2.48. The summed E-state index contributed by atoms with van der Waals surface area (Å²) in [6, 6.07) is 36.6. The third kappa shape index (κ3) is 3.08. The van der Waals surface area contributed by atoms with E-state index in [2.05, 4.69) is 125 Å². The molecular formula is C32H24N3O+. The summed E-state index contributed by atoms with van der Waals surface area (Å²) >= 11 is 0. The topological polar surface area (TPSA) is 34.8 Å². The number of aryl methyl sites for hydroxylation is 2. The van der Waals surface area contributed by atoms with E-state index < -0.39 is 0 Å². The van der Waals surface area contributed by atoms with Crippen LogP contribution in [0.2, 0.25) is 0 Å². The number of rotatable bonds is 3. The van der Waals surface area contributed by atoms with E-state index in [0.29, 0.717) is 0 Å². The van der Waals surface area contributed by atoms with Crippen LogP contribution >= 0.6 is 0 Å². The zero-order valence-electron chi connectivity index (χ0n) is 20.1. The second kappa shape index (κ2) is 7.92. The van der Waals surface area contributed by atoms with Crippen molar-refractivity contribution in [2.75, 3.05) is 0 Å². The van der Waals surface area contributed by atoms with Gasteiger partial charge in [-0.3, -0.25) is 0 Å². The maximum Gasteiger partial charge on any atom is 0.295 e. The Bertz CT molecular complexity index is 1910. The molecule has 0 fully saturated rings. The lowest BCUT2D eigenvalue weighted by atomic mass is 9.98. The second-order valence-corrected chi connectivity index (χ2v) is 9.27. The molecule has 5 aromatic carbocycles. The number of imidazole rings is 1. The van der Waals surface area contributed by atoms with Crippen molar-refractivity contribution in [3.05, 3.63) is 115 Å². The summed E-state index contributed by atoms with van der Waals surface area (Å²) < 4.78 is 10.2. The number of benzene rings is 5. The van der Waals surface area contributed by atoms with Crippen LogP contribution in [0.3, 0.4) is 0 Å². The van der Waals surface area contributed by atoms with Crippen LogP contribution in [-0.2, 0) is 7.05 Å². The standard InChI is InChI=1S/C32H24N3O/c1-21-12-13-23(24-15-17-30-28(19-24)33-20-36-30)18-27(21)32-34(2)29-16-14-22-8-6-7-11-26(22)31(29)35(32)25-9-4-3-5-10-25/h3-20H,1-2H3/q+1. The van der Waals surface area contributed by atoms with E-state index in [-0.39, 0.29) is 0 Å². The highest BCUT2D eigenvalue weighted by Gasteiger charge is 2.28. The van der Waals surface area contributed by atoms with Crippen LogP contribution in [0.5, 0.6) is 0 Å². The Morgan fingerprint density at radius 3 is 2.44 bits per heavy atom. The Morgan fingerprint density at radius 2 is 1.56 bits per heavy atom. The van der Waals surface area contributed by atoms with Gasteiger partial charge < -0.3 is 4.42 Å². The summed E-state index contributed by atoms with van der Waals surface area (Å²) in [6.07, 6.45) is 1.50. The molecule has 0 bridgehead atoms. The van der Waals surface area contributed by atoms with Gasteiger partial charge in [-0.2, -0.15) is 4.57 Å². The number of hydrogen-bond acceptors (Lipinski definition) is 2. The molecule has 0 aliphatic rings. The quantitative estimate of drug-likeness (QED) is 0.254. The third-order valence-electron chi connectivity index (χ3n) is 7.15. The molecule has 0 aliphatic carbocycles. The molecule has 4 nitrogen and oxygen atoms in total. The highest BCUT2D eigenvalue weighted by molar-refractivity contribution is 6.05. The molecule has 2 aromatic heterocycles. The second-order valence-electron chi connectivity index (χ2n) is 9.27. The summed E-state index contributed by atoms with van der Waals surface area (Å²) in [7, 11) is 2.17. The molecule has 0 saturated carbocycles. The Labute approximate surface area is 208 Å². The molecule has 0 spiro atoms. The molecule has 7 aromatic rings. The van der Waals surface area contributed by atoms with Crippen molar-refractivity contribution in [3.8, 4) is 28.2 Å². The third-order valence-corrected chi connectivity index (χ3v) is 7.15. The minimum Gasteiger partial charge on any atom is -0.443 e. The first-order valence-electron chi connectivity index (χ1n) is 12.1. The van der Waals surface area contributed by atoms with Gasteiger partial charge in [0.1, 0.15) is 11.2 Å². The van der Waals surface area contributed by atoms with Crippen molar-refractivity contribution >= 4 is 32.9 Å². The first-order valence-corrected chi connectivity index (χ1v) is 12.1. The van der Waals surface area contributed by atoms with Gasteiger partial charge in [-0.05, 0) is 77.5 Å². The van der Waals surface area contributed by atoms with Crippen LogP contribution in [0.15, 0.2) is 114 Å². The molecule has 4 heteroatoms. The molecule has 0 saturated heterocycles. The highest BCUT2D eigenvalue weighted by atomic mass is 16.3. The number of aromatic nitrogens is 3. The number of oxazole rings is 1. The van der Waals surface area contributed by atoms with E-state index in [0.717, 1.165) is 33.7 Å². The molecule has 0 atom stereocenters. The number of fused-ring (bicyclic) bond motifs is 4. The van der Waals surface area contributed by atoms with Crippen molar-refractivity contribution in [2.24, 2.45) is 7.05 Å². The average molecular weight is 467 g/mol. The van der Waals surface area contributed by atoms with Crippen molar-refractivity contribution in [3.63, 3.8) is 0 Å². The zero-order chi connectivity index (χ0) is 24.2. The van der Waals surface area contributed by atoms with E-state index in [1.54, 1.807) is 0 Å². The fourth-order valence-corrected chi connectivity index (χ4v) is 5.33. The van der Waals surface area contributed by atoms with Crippen molar-refractivity contribution in [1.29, 1.82) is 0 Å². The Kier molecular flexibility index (Phi) is 4.55. The van der Waals surface area contributed by atoms with Crippen molar-refractivity contribution < 1.29 is 8.98 Å². The van der Waals surface area contributed by atoms with E-state index in [4.69, 9.17) is 4.42 Å². The molecule has 2 heterocycles. The first kappa shape index (κ1) is 20.7. The maximum atomic E-state index is 5.45. The Balaban J connectivity index is 1.56. The predicted molar refractivity (Wildman–Crippen MR) is 145 cm³/mol. The normalized spacial score (nSPS) is 11.6. The van der Waals surface area contributed by atoms with Crippen molar-refractivity contribution in [2.45, 2.75) is 6.92 Å². The Morgan fingerprint density at radius 1 is 0.778 bits per heavy atom. The minimum atomic E-state index is 0.800. The molecule has 172 valence electrons. The van der Waals surface area contributed by atoms with E-state index in [1.165, 1.54) is 39.3 Å². The molecule has 7 rings (SSSR count). The molecule has 0 amide bonds. The fourth-order valence-electron chi connectivity index (χ4n) is 5.33. The number of nitrogens with zero attached hydrogens (tertiary/aromatic N) is 3. The van der Waals surface area contributed by atoms with Gasteiger partial charge in [0.2, 0.25) is 0 Å². The lowest BCUT2D eigenvalue weighted by Crippen LogP contribution is -2.30. The number of hydrogen-bond donors (Lipinski definition) is 0. The number of para-hydroxylation sites is 1. The molecule has 0 radical (unpaired) electrons. The van der Waals surface area contributed by atoms with Crippen LogP contribution in [0.1, 0.15) is 5.56 Å². The molecule has 0 unspecified atom stereocenters. The largest absolute Gasteiger partial charge is 0.443 e. The molecule has 0 aliphatic heterocycles. The average Bonchev–Trinajstić information content (AvgIpc) is 3.51. The molecule has 36 heavy (non-hydrogen) atoms. The van der Waals surface area contributed by atoms with Gasteiger partial charge in [-0.25, -0.2) is 9.55 Å². The summed E-state index contributed by atoms with van der Waals surface area (Å²) in [5.41, 5.74) is 9.90. The Hall–Kier alpha value is -4.70. The van der Waals surface area contributed by atoms with Crippen LogP contribution in [0.4, 0.5) is 0 Å². The lowest BCUT2D eigenvalue weighted by Gasteiger charge is -2.10. The van der Waals surface area contributed by atoms with E-state index in [1.807, 2.05) is 6.07 Å². The minimum absolute atomic E-state index is 0.800. The van der Waals surface area contributed by atoms with Crippen molar-refractivity contribution in [1.82, 2.24) is 9.55 Å².